The Morgan fingerprint density at radius 2 is 1.28 bits per heavy atom. The van der Waals surface area contributed by atoms with Crippen LogP contribution in [0.3, 0.4) is 0 Å². The molecule has 4 nitrogen and oxygen atoms in total. The number of anilines is 3. The van der Waals surface area contributed by atoms with Crippen LogP contribution in [0.1, 0.15) is 11.7 Å². The van der Waals surface area contributed by atoms with Gasteiger partial charge in [-0.25, -0.2) is 0 Å². The Labute approximate surface area is 147 Å². The molecule has 1 amide bonds. The van der Waals surface area contributed by atoms with Crippen molar-refractivity contribution in [1.82, 2.24) is 0 Å². The lowest BCUT2D eigenvalue weighted by atomic mass is 10.1. The van der Waals surface area contributed by atoms with E-state index in [1.54, 1.807) is 0 Å². The lowest BCUT2D eigenvalue weighted by Gasteiger charge is -2.16. The van der Waals surface area contributed by atoms with E-state index in [0.29, 0.717) is 0 Å². The molecule has 0 aliphatic carbocycles. The van der Waals surface area contributed by atoms with Gasteiger partial charge < -0.3 is 15.4 Å². The van der Waals surface area contributed by atoms with Crippen LogP contribution in [0, 0.1) is 0 Å². The van der Waals surface area contributed by atoms with Gasteiger partial charge in [0.05, 0.1) is 0 Å². The number of methoxy groups -OCH3 is 1. The molecule has 1 atom stereocenters. The molecular weight excluding hydrogens is 312 g/mol. The SMILES string of the molecule is CO[C@H](C(=O)Nc1ccc(Nc2ccccc2)cc1)c1ccccc1. The molecule has 0 unspecified atom stereocenters. The highest BCUT2D eigenvalue weighted by Crippen LogP contribution is 2.21. The van der Waals surface area contributed by atoms with Crippen molar-refractivity contribution in [2.45, 2.75) is 6.10 Å². The van der Waals surface area contributed by atoms with E-state index in [9.17, 15) is 4.79 Å². The molecule has 0 saturated heterocycles. The second kappa shape index (κ2) is 8.13. The third-order valence-electron chi connectivity index (χ3n) is 3.79. The number of benzene rings is 3. The fraction of sp³-hybridized carbons (Fsp3) is 0.0952. The zero-order chi connectivity index (χ0) is 17.5. The summed E-state index contributed by atoms with van der Waals surface area (Å²) < 4.78 is 5.35. The Bertz CT molecular complexity index is 802. The molecule has 4 heteroatoms. The van der Waals surface area contributed by atoms with E-state index in [2.05, 4.69) is 10.6 Å². The summed E-state index contributed by atoms with van der Waals surface area (Å²) in [7, 11) is 1.53. The van der Waals surface area contributed by atoms with Crippen molar-refractivity contribution < 1.29 is 9.53 Å². The van der Waals surface area contributed by atoms with Crippen molar-refractivity contribution >= 4 is 23.0 Å². The number of carbonyl (C=O) groups excluding carboxylic acids is 1. The number of nitrogens with one attached hydrogen (secondary N) is 2. The number of rotatable bonds is 6. The Morgan fingerprint density at radius 3 is 1.88 bits per heavy atom. The molecule has 0 radical (unpaired) electrons. The van der Waals surface area contributed by atoms with Crippen LogP contribution < -0.4 is 10.6 Å². The first-order chi connectivity index (χ1) is 12.3. The van der Waals surface area contributed by atoms with Crippen molar-refractivity contribution in [1.29, 1.82) is 0 Å². The van der Waals surface area contributed by atoms with Crippen LogP contribution in [0.4, 0.5) is 17.1 Å². The van der Waals surface area contributed by atoms with E-state index in [-0.39, 0.29) is 5.91 Å². The highest BCUT2D eigenvalue weighted by atomic mass is 16.5. The van der Waals surface area contributed by atoms with E-state index >= 15 is 0 Å². The van der Waals surface area contributed by atoms with Gasteiger partial charge >= 0.3 is 0 Å². The normalized spacial score (nSPS) is 11.6. The molecule has 25 heavy (non-hydrogen) atoms. The van der Waals surface area contributed by atoms with Gasteiger partial charge in [-0.15, -0.1) is 0 Å². The van der Waals surface area contributed by atoms with Crippen LogP contribution in [0.15, 0.2) is 84.9 Å². The van der Waals surface area contributed by atoms with E-state index in [1.165, 1.54) is 7.11 Å². The monoisotopic (exact) mass is 332 g/mol. The first kappa shape index (κ1) is 16.7. The van der Waals surface area contributed by atoms with Gasteiger partial charge in [0.25, 0.3) is 5.91 Å². The number of carbonyl (C=O) groups is 1. The highest BCUT2D eigenvalue weighted by molar-refractivity contribution is 5.95. The van der Waals surface area contributed by atoms with Gasteiger partial charge in [0.1, 0.15) is 0 Å². The number of para-hydroxylation sites is 1. The first-order valence-corrected chi connectivity index (χ1v) is 8.07. The minimum atomic E-state index is -0.636. The fourth-order valence-corrected chi connectivity index (χ4v) is 2.56. The molecule has 0 saturated carbocycles. The summed E-state index contributed by atoms with van der Waals surface area (Å²) in [6, 6.07) is 26.9. The maximum atomic E-state index is 12.5. The van der Waals surface area contributed by atoms with Gasteiger partial charge in [-0.3, -0.25) is 4.79 Å². The second-order valence-electron chi connectivity index (χ2n) is 5.58. The molecule has 0 heterocycles. The molecular formula is C21H20N2O2. The van der Waals surface area contributed by atoms with E-state index < -0.39 is 6.10 Å². The summed E-state index contributed by atoms with van der Waals surface area (Å²) in [5.41, 5.74) is 3.52. The number of hydrogen-bond acceptors (Lipinski definition) is 3. The topological polar surface area (TPSA) is 50.4 Å². The van der Waals surface area contributed by atoms with Gasteiger partial charge in [-0.2, -0.15) is 0 Å². The zero-order valence-electron chi connectivity index (χ0n) is 14.0. The van der Waals surface area contributed by atoms with E-state index in [0.717, 1.165) is 22.6 Å². The van der Waals surface area contributed by atoms with Crippen LogP contribution in [-0.4, -0.2) is 13.0 Å². The minimum Gasteiger partial charge on any atom is -0.367 e. The van der Waals surface area contributed by atoms with Gasteiger partial charge in [0.2, 0.25) is 0 Å². The summed E-state index contributed by atoms with van der Waals surface area (Å²) in [6.07, 6.45) is -0.636. The molecule has 3 aromatic carbocycles. The van der Waals surface area contributed by atoms with Crippen molar-refractivity contribution in [3.05, 3.63) is 90.5 Å². The fourth-order valence-electron chi connectivity index (χ4n) is 2.56. The second-order valence-corrected chi connectivity index (χ2v) is 5.58. The molecule has 0 aromatic heterocycles. The molecule has 0 aliphatic heterocycles. The largest absolute Gasteiger partial charge is 0.367 e. The molecule has 0 aliphatic rings. The Kier molecular flexibility index (Phi) is 5.44. The maximum Gasteiger partial charge on any atom is 0.258 e. The van der Waals surface area contributed by atoms with Crippen molar-refractivity contribution in [3.63, 3.8) is 0 Å². The van der Waals surface area contributed by atoms with Crippen molar-refractivity contribution in [2.75, 3.05) is 17.7 Å². The standard InChI is InChI=1S/C21H20N2O2/c1-25-20(16-8-4-2-5-9-16)21(24)23-19-14-12-18(13-15-19)22-17-10-6-3-7-11-17/h2-15,20,22H,1H3,(H,23,24)/t20-/m0/s1. The van der Waals surface area contributed by atoms with E-state index in [1.807, 2.05) is 84.9 Å². The molecule has 3 rings (SSSR count). The lowest BCUT2D eigenvalue weighted by Crippen LogP contribution is -2.22. The smallest absolute Gasteiger partial charge is 0.258 e. The van der Waals surface area contributed by atoms with E-state index in [4.69, 9.17) is 4.74 Å². The third-order valence-corrected chi connectivity index (χ3v) is 3.79. The maximum absolute atomic E-state index is 12.5. The van der Waals surface area contributed by atoms with Crippen molar-refractivity contribution in [3.8, 4) is 0 Å². The zero-order valence-corrected chi connectivity index (χ0v) is 14.0. The summed E-state index contributed by atoms with van der Waals surface area (Å²) in [4.78, 5) is 12.5. The molecule has 0 fully saturated rings. The number of hydrogen-bond donors (Lipinski definition) is 2. The quantitative estimate of drug-likeness (QED) is 0.684. The third kappa shape index (κ3) is 4.46. The first-order valence-electron chi connectivity index (χ1n) is 8.07. The summed E-state index contributed by atoms with van der Waals surface area (Å²) in [5, 5.41) is 6.20. The predicted octanol–water partition coefficient (Wildman–Crippen LogP) is 4.76. The van der Waals surface area contributed by atoms with Crippen LogP contribution in [-0.2, 0) is 9.53 Å². The number of amides is 1. The van der Waals surface area contributed by atoms with Crippen LogP contribution in [0.2, 0.25) is 0 Å². The lowest BCUT2D eigenvalue weighted by molar-refractivity contribution is -0.126. The predicted molar refractivity (Wildman–Crippen MR) is 101 cm³/mol. The van der Waals surface area contributed by atoms with Crippen LogP contribution in [0.5, 0.6) is 0 Å². The average Bonchev–Trinajstić information content (AvgIpc) is 2.66. The number of ether oxygens (including phenoxy) is 1. The van der Waals surface area contributed by atoms with Gasteiger partial charge in [-0.05, 0) is 42.0 Å². The highest BCUT2D eigenvalue weighted by Gasteiger charge is 2.19. The van der Waals surface area contributed by atoms with Crippen LogP contribution >= 0.6 is 0 Å². The Balaban J connectivity index is 1.65. The molecule has 0 spiro atoms. The van der Waals surface area contributed by atoms with Gasteiger partial charge in [0.15, 0.2) is 6.10 Å². The average molecular weight is 332 g/mol. The van der Waals surface area contributed by atoms with Gasteiger partial charge in [0, 0.05) is 24.2 Å². The molecule has 2 N–H and O–H groups in total. The molecule has 3 aromatic rings. The Morgan fingerprint density at radius 1 is 0.760 bits per heavy atom. The Hall–Kier alpha value is -3.11. The summed E-state index contributed by atoms with van der Waals surface area (Å²) >= 11 is 0. The summed E-state index contributed by atoms with van der Waals surface area (Å²) in [6.45, 7) is 0. The minimum absolute atomic E-state index is 0.197. The molecule has 126 valence electrons. The molecule has 0 bridgehead atoms. The van der Waals surface area contributed by atoms with Crippen molar-refractivity contribution in [2.24, 2.45) is 0 Å². The summed E-state index contributed by atoms with van der Waals surface area (Å²) in [5.74, 6) is -0.197. The van der Waals surface area contributed by atoms with Gasteiger partial charge in [-0.1, -0.05) is 48.5 Å². The van der Waals surface area contributed by atoms with Crippen LogP contribution in [0.25, 0.3) is 0 Å².